The smallest absolute Gasteiger partial charge is 0.256 e. The summed E-state index contributed by atoms with van der Waals surface area (Å²) < 4.78 is 19.6. The molecule has 1 amide bonds. The minimum Gasteiger partial charge on any atom is -0.494 e. The van der Waals surface area contributed by atoms with E-state index >= 15 is 0 Å². The van der Waals surface area contributed by atoms with Gasteiger partial charge in [-0.3, -0.25) is 9.00 Å². The molecule has 31 heavy (non-hydrogen) atoms. The molecule has 0 spiro atoms. The molecule has 3 aromatic rings. The lowest BCUT2D eigenvalue weighted by molar-refractivity contribution is 0.102. The molecule has 1 aliphatic heterocycles. The van der Waals surface area contributed by atoms with Crippen molar-refractivity contribution >= 4 is 22.5 Å². The number of carbonyl (C=O) groups excluding carboxylic acids is 1. The highest BCUT2D eigenvalue weighted by molar-refractivity contribution is 7.83. The second-order valence-electron chi connectivity index (χ2n) is 7.88. The van der Waals surface area contributed by atoms with Crippen LogP contribution in [0.1, 0.15) is 52.5 Å². The zero-order valence-electron chi connectivity index (χ0n) is 18.1. The molecule has 2 aromatic carbocycles. The van der Waals surface area contributed by atoms with Crippen LogP contribution in [-0.2, 0) is 22.3 Å². The molecule has 0 radical (unpaired) electrons. The van der Waals surface area contributed by atoms with Crippen LogP contribution in [0.4, 0.5) is 5.82 Å². The summed E-state index contributed by atoms with van der Waals surface area (Å²) in [7, 11) is -0.983. The van der Waals surface area contributed by atoms with Gasteiger partial charge in [-0.25, -0.2) is 4.68 Å². The largest absolute Gasteiger partial charge is 0.494 e. The van der Waals surface area contributed by atoms with E-state index < -0.39 is 10.8 Å². The summed E-state index contributed by atoms with van der Waals surface area (Å²) in [4.78, 5) is 13.0. The Morgan fingerprint density at radius 1 is 1.16 bits per heavy atom. The molecule has 1 aromatic heterocycles. The fourth-order valence-electron chi connectivity index (χ4n) is 3.69. The molecular formula is C24H27N3O3S. The van der Waals surface area contributed by atoms with Gasteiger partial charge < -0.3 is 10.1 Å². The lowest BCUT2D eigenvalue weighted by atomic mass is 10.1. The van der Waals surface area contributed by atoms with Gasteiger partial charge in [0.05, 0.1) is 29.5 Å². The quantitative estimate of drug-likeness (QED) is 0.545. The van der Waals surface area contributed by atoms with E-state index in [1.165, 1.54) is 0 Å². The molecule has 0 saturated heterocycles. The van der Waals surface area contributed by atoms with Crippen LogP contribution < -0.4 is 10.1 Å². The molecule has 1 unspecified atom stereocenters. The molecule has 4 rings (SSSR count). The van der Waals surface area contributed by atoms with E-state index in [9.17, 15) is 9.00 Å². The van der Waals surface area contributed by atoms with Crippen LogP contribution in [0, 0.1) is 13.8 Å². The maximum absolute atomic E-state index is 13.0. The fraction of sp³-hybridized carbons (Fsp3) is 0.333. The molecule has 7 heteroatoms. The summed E-state index contributed by atoms with van der Waals surface area (Å²) in [6.07, 6.45) is 2.07. The lowest BCUT2D eigenvalue weighted by Gasteiger charge is -2.14. The van der Waals surface area contributed by atoms with Crippen LogP contribution in [0.25, 0.3) is 5.69 Å². The van der Waals surface area contributed by atoms with Crippen LogP contribution in [-0.4, -0.2) is 26.5 Å². The molecule has 0 saturated carbocycles. The summed E-state index contributed by atoms with van der Waals surface area (Å²) in [6, 6.07) is 13.2. The molecule has 0 fully saturated rings. The molecule has 1 atom stereocenters. The standard InChI is InChI=1S/C24H27N3O3S/c1-4-5-12-30-19-9-7-18(8-10-19)24(28)25-23-20-14-31(29)15-21(20)26-27(23)22-11-6-16(2)13-17(22)3/h6-11,13H,4-5,12,14-15H2,1-3H3,(H,25,28). The summed E-state index contributed by atoms with van der Waals surface area (Å²) in [5.41, 5.74) is 5.30. The van der Waals surface area contributed by atoms with Crippen LogP contribution in [0.2, 0.25) is 0 Å². The Morgan fingerprint density at radius 2 is 1.94 bits per heavy atom. The van der Waals surface area contributed by atoms with Crippen LogP contribution >= 0.6 is 0 Å². The molecule has 162 valence electrons. The molecule has 1 aliphatic rings. The van der Waals surface area contributed by atoms with Gasteiger partial charge in [-0.05, 0) is 56.2 Å². The first-order valence-corrected chi connectivity index (χ1v) is 12.0. The SMILES string of the molecule is CCCCOc1ccc(C(=O)Nc2c3c(nn2-c2ccc(C)cc2C)CS(=O)C3)cc1. The summed E-state index contributed by atoms with van der Waals surface area (Å²) in [6.45, 7) is 6.85. The molecule has 6 nitrogen and oxygen atoms in total. The van der Waals surface area contributed by atoms with Crippen molar-refractivity contribution < 1.29 is 13.7 Å². The predicted molar refractivity (Wildman–Crippen MR) is 123 cm³/mol. The number of aromatic nitrogens is 2. The Morgan fingerprint density at radius 3 is 2.65 bits per heavy atom. The second kappa shape index (κ2) is 9.06. The van der Waals surface area contributed by atoms with Gasteiger partial charge in [-0.15, -0.1) is 0 Å². The molecule has 2 heterocycles. The lowest BCUT2D eigenvalue weighted by Crippen LogP contribution is -2.17. The van der Waals surface area contributed by atoms with Crippen molar-refractivity contribution in [1.82, 2.24) is 9.78 Å². The number of fused-ring (bicyclic) bond motifs is 1. The number of unbranched alkanes of at least 4 members (excludes halogenated alkanes) is 1. The van der Waals surface area contributed by atoms with Crippen molar-refractivity contribution in [2.45, 2.75) is 45.1 Å². The van der Waals surface area contributed by atoms with Gasteiger partial charge in [0.25, 0.3) is 5.91 Å². The Bertz CT molecular complexity index is 1140. The van der Waals surface area contributed by atoms with Crippen LogP contribution in [0.5, 0.6) is 5.75 Å². The number of benzene rings is 2. The van der Waals surface area contributed by atoms with E-state index in [0.29, 0.717) is 29.5 Å². The summed E-state index contributed by atoms with van der Waals surface area (Å²) in [5.74, 6) is 1.94. The summed E-state index contributed by atoms with van der Waals surface area (Å²) >= 11 is 0. The van der Waals surface area contributed by atoms with Gasteiger partial charge in [0.2, 0.25) is 0 Å². The Hall–Kier alpha value is -2.93. The number of carbonyl (C=O) groups is 1. The van der Waals surface area contributed by atoms with E-state index in [1.807, 2.05) is 38.1 Å². The number of nitrogens with one attached hydrogen (secondary N) is 1. The Kier molecular flexibility index (Phi) is 6.23. The Labute approximate surface area is 185 Å². The monoisotopic (exact) mass is 437 g/mol. The third-order valence-corrected chi connectivity index (χ3v) is 6.57. The number of nitrogens with zero attached hydrogens (tertiary/aromatic N) is 2. The third-order valence-electron chi connectivity index (χ3n) is 5.37. The normalized spacial score (nSPS) is 15.0. The van der Waals surface area contributed by atoms with Crippen LogP contribution in [0.15, 0.2) is 42.5 Å². The fourth-order valence-corrected chi connectivity index (χ4v) is 4.95. The molecule has 0 bridgehead atoms. The zero-order valence-corrected chi connectivity index (χ0v) is 18.9. The maximum atomic E-state index is 13.0. The van der Waals surface area contributed by atoms with Gasteiger partial charge in [0.1, 0.15) is 11.6 Å². The van der Waals surface area contributed by atoms with Crippen molar-refractivity contribution in [1.29, 1.82) is 0 Å². The van der Waals surface area contributed by atoms with Crippen molar-refractivity contribution in [3.05, 3.63) is 70.4 Å². The second-order valence-corrected chi connectivity index (χ2v) is 9.34. The zero-order chi connectivity index (χ0) is 22.0. The first-order chi connectivity index (χ1) is 15.0. The van der Waals surface area contributed by atoms with Gasteiger partial charge in [0, 0.05) is 21.9 Å². The average molecular weight is 438 g/mol. The van der Waals surface area contributed by atoms with Gasteiger partial charge in [0.15, 0.2) is 0 Å². The molecule has 1 N–H and O–H groups in total. The number of ether oxygens (including phenoxy) is 1. The molecule has 0 aliphatic carbocycles. The van der Waals surface area contributed by atoms with Crippen molar-refractivity contribution in [2.75, 3.05) is 11.9 Å². The summed E-state index contributed by atoms with van der Waals surface area (Å²) in [5, 5.41) is 7.72. The predicted octanol–water partition coefficient (Wildman–Crippen LogP) is 4.68. The van der Waals surface area contributed by atoms with Gasteiger partial charge in [-0.2, -0.15) is 5.10 Å². The van der Waals surface area contributed by atoms with Crippen molar-refractivity contribution in [2.24, 2.45) is 0 Å². The van der Waals surface area contributed by atoms with Crippen LogP contribution in [0.3, 0.4) is 0 Å². The van der Waals surface area contributed by atoms with Crippen molar-refractivity contribution in [3.8, 4) is 11.4 Å². The van der Waals surface area contributed by atoms with Gasteiger partial charge >= 0.3 is 0 Å². The topological polar surface area (TPSA) is 73.2 Å². The first-order valence-electron chi connectivity index (χ1n) is 10.5. The van der Waals surface area contributed by atoms with E-state index in [2.05, 4.69) is 18.3 Å². The highest BCUT2D eigenvalue weighted by Crippen LogP contribution is 2.32. The minimum absolute atomic E-state index is 0.230. The highest BCUT2D eigenvalue weighted by atomic mass is 32.2. The van der Waals surface area contributed by atoms with E-state index in [-0.39, 0.29) is 5.91 Å². The van der Waals surface area contributed by atoms with E-state index in [0.717, 1.165) is 46.7 Å². The minimum atomic E-state index is -0.983. The number of amides is 1. The van der Waals surface area contributed by atoms with Crippen molar-refractivity contribution in [3.63, 3.8) is 0 Å². The third kappa shape index (κ3) is 4.56. The maximum Gasteiger partial charge on any atom is 0.256 e. The number of aryl methyl sites for hydroxylation is 2. The van der Waals surface area contributed by atoms with E-state index in [1.54, 1.807) is 16.8 Å². The number of anilines is 1. The van der Waals surface area contributed by atoms with Gasteiger partial charge in [-0.1, -0.05) is 31.0 Å². The van der Waals surface area contributed by atoms with E-state index in [4.69, 9.17) is 9.84 Å². The Balaban J connectivity index is 1.62. The number of rotatable bonds is 7. The number of hydrogen-bond acceptors (Lipinski definition) is 4. The highest BCUT2D eigenvalue weighted by Gasteiger charge is 2.29. The first kappa shape index (κ1) is 21.3. The average Bonchev–Trinajstić information content (AvgIpc) is 3.25. The number of hydrogen-bond donors (Lipinski definition) is 1. The molecular weight excluding hydrogens is 410 g/mol.